The minimum atomic E-state index is -1.37. The molecule has 0 bridgehead atoms. The zero-order valence-electron chi connectivity index (χ0n) is 8.16. The molecule has 0 spiro atoms. The molecule has 0 aromatic rings. The van der Waals surface area contributed by atoms with Gasteiger partial charge in [-0.2, -0.15) is 0 Å². The molecule has 0 unspecified atom stereocenters. The van der Waals surface area contributed by atoms with Gasteiger partial charge in [-0.15, -0.1) is 0 Å². The van der Waals surface area contributed by atoms with Crippen molar-refractivity contribution < 1.29 is 29.6 Å². The maximum Gasteiger partial charge on any atom is 0.370 e. The van der Waals surface area contributed by atoms with Crippen LogP contribution in [-0.2, 0) is 14.3 Å². The van der Waals surface area contributed by atoms with E-state index in [4.69, 9.17) is 14.9 Å². The third kappa shape index (κ3) is 2.71. The van der Waals surface area contributed by atoms with Crippen molar-refractivity contribution >= 4 is 11.9 Å². The molecule has 2 atom stereocenters. The second-order valence-corrected chi connectivity index (χ2v) is 3.09. The summed E-state index contributed by atoms with van der Waals surface area (Å²) in [7, 11) is 0. The van der Waals surface area contributed by atoms with Gasteiger partial charge in [0.05, 0.1) is 5.57 Å². The maximum absolute atomic E-state index is 10.6. The highest BCUT2D eigenvalue weighted by Crippen LogP contribution is 2.16. The second kappa shape index (κ2) is 4.63. The molecule has 0 radical (unpaired) electrons. The number of carboxylic acids is 2. The third-order valence-electron chi connectivity index (χ3n) is 1.92. The molecule has 0 fully saturated rings. The van der Waals surface area contributed by atoms with E-state index in [1.54, 1.807) is 0 Å². The molecule has 86 valence electrons. The maximum atomic E-state index is 10.6. The summed E-state index contributed by atoms with van der Waals surface area (Å²) in [5.41, 5.74) is -0.0755. The Morgan fingerprint density at radius 3 is 2.50 bits per heavy atom. The summed E-state index contributed by atoms with van der Waals surface area (Å²) in [6.45, 7) is 3.12. The predicted molar refractivity (Wildman–Crippen MR) is 52.5 cm³/mol. The SMILES string of the molecule is C=C(O[C@@H]1C=[13C]([13C](=O)O)C=C[C@H]1O)C(=O)O. The Morgan fingerprint density at radius 1 is 1.38 bits per heavy atom. The first-order valence-corrected chi connectivity index (χ1v) is 4.32. The minimum Gasteiger partial charge on any atom is -0.478 e. The van der Waals surface area contributed by atoms with Crippen molar-refractivity contribution in [3.63, 3.8) is 0 Å². The number of aliphatic carboxylic acids is 2. The fourth-order valence-electron chi connectivity index (χ4n) is 1.10. The average molecular weight is 228 g/mol. The van der Waals surface area contributed by atoms with Crippen LogP contribution in [0.4, 0.5) is 0 Å². The van der Waals surface area contributed by atoms with Gasteiger partial charge in [0.15, 0.2) is 5.76 Å². The van der Waals surface area contributed by atoms with Crippen LogP contribution in [0.2, 0.25) is 0 Å². The predicted octanol–water partition coefficient (Wildman–Crippen LogP) is -0.0884. The van der Waals surface area contributed by atoms with Crippen molar-refractivity contribution in [1.82, 2.24) is 0 Å². The number of carboxylic acid groups (broad SMARTS) is 2. The highest BCUT2D eigenvalue weighted by atomic mass is 16.5. The summed E-state index contributed by atoms with van der Waals surface area (Å²) in [6.07, 6.45) is 1.40. The molecular formula is C10H10O6. The number of aliphatic hydroxyl groups excluding tert-OH is 1. The summed E-state index contributed by atoms with van der Waals surface area (Å²) < 4.78 is 4.81. The fourth-order valence-corrected chi connectivity index (χ4v) is 1.10. The van der Waals surface area contributed by atoms with Crippen LogP contribution >= 0.6 is 0 Å². The van der Waals surface area contributed by atoms with E-state index in [1.165, 1.54) is 12.2 Å². The number of rotatable bonds is 4. The molecule has 0 saturated carbocycles. The molecule has 1 aliphatic carbocycles. The van der Waals surface area contributed by atoms with E-state index in [2.05, 4.69) is 6.58 Å². The van der Waals surface area contributed by atoms with Gasteiger partial charge < -0.3 is 20.1 Å². The van der Waals surface area contributed by atoms with E-state index in [-0.39, 0.29) is 5.57 Å². The van der Waals surface area contributed by atoms with Crippen LogP contribution in [0.15, 0.2) is 36.1 Å². The monoisotopic (exact) mass is 228 g/mol. The number of ether oxygens (including phenoxy) is 1. The summed E-state index contributed by atoms with van der Waals surface area (Å²) in [5.74, 6) is -3.11. The van der Waals surface area contributed by atoms with E-state index < -0.39 is 29.9 Å². The average Bonchev–Trinajstić information content (AvgIpc) is 2.20. The van der Waals surface area contributed by atoms with Gasteiger partial charge >= 0.3 is 11.9 Å². The minimum absolute atomic E-state index is 0.0755. The second-order valence-electron chi connectivity index (χ2n) is 3.09. The summed E-state index contributed by atoms with van der Waals surface area (Å²) in [6, 6.07) is 0. The first-order valence-electron chi connectivity index (χ1n) is 4.32. The lowest BCUT2D eigenvalue weighted by atomic mass is 10.1. The smallest absolute Gasteiger partial charge is 0.370 e. The Balaban J connectivity index is 2.80. The molecule has 0 amide bonds. The van der Waals surface area contributed by atoms with Crippen LogP contribution in [0, 0.1) is 0 Å². The van der Waals surface area contributed by atoms with Crippen LogP contribution in [0.25, 0.3) is 0 Å². The molecule has 0 aromatic heterocycles. The zero-order valence-corrected chi connectivity index (χ0v) is 8.16. The quantitative estimate of drug-likeness (QED) is 0.353. The summed E-state index contributed by atoms with van der Waals surface area (Å²) >= 11 is 0. The van der Waals surface area contributed by atoms with Gasteiger partial charge in [0.1, 0.15) is 12.2 Å². The number of hydrogen-bond acceptors (Lipinski definition) is 4. The Labute approximate surface area is 90.8 Å². The van der Waals surface area contributed by atoms with Crippen LogP contribution in [0.5, 0.6) is 0 Å². The fraction of sp³-hybridized carbons (Fsp3) is 0.200. The van der Waals surface area contributed by atoms with E-state index in [0.29, 0.717) is 0 Å². The Kier molecular flexibility index (Phi) is 3.47. The van der Waals surface area contributed by atoms with Crippen molar-refractivity contribution in [2.75, 3.05) is 0 Å². The Morgan fingerprint density at radius 2 is 2.00 bits per heavy atom. The molecule has 1 aliphatic rings. The van der Waals surface area contributed by atoms with E-state index in [0.717, 1.165) is 6.08 Å². The van der Waals surface area contributed by atoms with Crippen molar-refractivity contribution in [3.05, 3.63) is 36.1 Å². The van der Waals surface area contributed by atoms with Crippen molar-refractivity contribution in [2.24, 2.45) is 0 Å². The first kappa shape index (κ1) is 12.0. The lowest BCUT2D eigenvalue weighted by Crippen LogP contribution is -2.29. The summed E-state index contributed by atoms with van der Waals surface area (Å²) in [4.78, 5) is 21.1. The standard InChI is InChI=1S/C10H10O6/c1-5(9(12)13)16-8-4-6(10(14)15)2-3-7(8)11/h2-4,7-8,11H,1H2,(H,12,13)(H,14,15)/t7-,8-/m1/s1/i6+1,10+1. The molecule has 0 aromatic carbocycles. The molecule has 16 heavy (non-hydrogen) atoms. The molecule has 6 heteroatoms. The highest BCUT2D eigenvalue weighted by Gasteiger charge is 2.24. The van der Waals surface area contributed by atoms with Crippen molar-refractivity contribution in [2.45, 2.75) is 12.2 Å². The topological polar surface area (TPSA) is 104 Å². The van der Waals surface area contributed by atoms with Gasteiger partial charge in [-0.05, 0) is 18.7 Å². The molecule has 0 saturated heterocycles. The number of carbonyl (C=O) groups is 2. The number of aliphatic hydroxyl groups is 1. The van der Waals surface area contributed by atoms with Crippen LogP contribution in [-0.4, -0.2) is 39.5 Å². The van der Waals surface area contributed by atoms with Crippen LogP contribution in [0.3, 0.4) is 0 Å². The van der Waals surface area contributed by atoms with Gasteiger partial charge in [0, 0.05) is 0 Å². The first-order chi connectivity index (χ1) is 7.41. The summed E-state index contributed by atoms with van der Waals surface area (Å²) in [5, 5.41) is 26.6. The molecule has 3 N–H and O–H groups in total. The molecule has 0 heterocycles. The Hall–Kier alpha value is -2.08. The lowest BCUT2D eigenvalue weighted by Gasteiger charge is -2.21. The highest BCUT2D eigenvalue weighted by molar-refractivity contribution is 5.90. The lowest BCUT2D eigenvalue weighted by molar-refractivity contribution is -0.137. The van der Waals surface area contributed by atoms with Gasteiger partial charge in [-0.25, -0.2) is 9.59 Å². The molecule has 6 nitrogen and oxygen atoms in total. The van der Waals surface area contributed by atoms with Crippen LogP contribution in [0.1, 0.15) is 0 Å². The Bertz CT molecular complexity index is 392. The van der Waals surface area contributed by atoms with Crippen LogP contribution < -0.4 is 0 Å². The largest absolute Gasteiger partial charge is 0.478 e. The van der Waals surface area contributed by atoms with Gasteiger partial charge in [0.25, 0.3) is 0 Å². The molecule has 1 rings (SSSR count). The van der Waals surface area contributed by atoms with Gasteiger partial charge in [-0.3, -0.25) is 0 Å². The van der Waals surface area contributed by atoms with E-state index in [1.807, 2.05) is 0 Å². The normalized spacial score (nSPS) is 23.4. The van der Waals surface area contributed by atoms with Gasteiger partial charge in [-0.1, -0.05) is 6.08 Å². The molecule has 0 aliphatic heterocycles. The van der Waals surface area contributed by atoms with Gasteiger partial charge in [0.2, 0.25) is 0 Å². The molecular weight excluding hydrogens is 218 g/mol. The van der Waals surface area contributed by atoms with Crippen molar-refractivity contribution in [3.8, 4) is 0 Å². The van der Waals surface area contributed by atoms with E-state index >= 15 is 0 Å². The van der Waals surface area contributed by atoms with E-state index in [9.17, 15) is 14.7 Å². The number of hydrogen-bond donors (Lipinski definition) is 3. The third-order valence-corrected chi connectivity index (χ3v) is 1.92. The van der Waals surface area contributed by atoms with Crippen molar-refractivity contribution in [1.29, 1.82) is 0 Å². The zero-order chi connectivity index (χ0) is 12.3.